The van der Waals surface area contributed by atoms with Crippen molar-refractivity contribution in [1.29, 1.82) is 0 Å². The van der Waals surface area contributed by atoms with E-state index >= 15 is 0 Å². The van der Waals surface area contributed by atoms with Crippen molar-refractivity contribution < 1.29 is 4.79 Å². The molecule has 0 bridgehead atoms. The van der Waals surface area contributed by atoms with Crippen LogP contribution in [0.25, 0.3) is 21.8 Å². The summed E-state index contributed by atoms with van der Waals surface area (Å²) in [5, 5.41) is 1.99. The third-order valence-electron chi connectivity index (χ3n) is 3.73. The SMILES string of the molecule is Nc1ccc2c(ccn2C(=O)c2ccc3[nH]ccc3c2)c1. The zero-order valence-corrected chi connectivity index (χ0v) is 11.2. The standard InChI is InChI=1S/C17H13N3O/c18-14-2-4-16-12(10-14)6-8-20(16)17(21)13-1-3-15-11(9-13)5-7-19-15/h1-10,19H,18H2. The van der Waals surface area contributed by atoms with Gasteiger partial charge in [0.15, 0.2) is 0 Å². The van der Waals surface area contributed by atoms with Crippen LogP contribution in [-0.4, -0.2) is 15.5 Å². The Morgan fingerprint density at radius 2 is 1.90 bits per heavy atom. The number of hydrogen-bond acceptors (Lipinski definition) is 2. The fourth-order valence-electron chi connectivity index (χ4n) is 2.66. The van der Waals surface area contributed by atoms with Gasteiger partial charge in [0.25, 0.3) is 5.91 Å². The number of nitrogens with zero attached hydrogens (tertiary/aromatic N) is 1. The number of anilines is 1. The third kappa shape index (κ3) is 1.80. The summed E-state index contributed by atoms with van der Waals surface area (Å²) >= 11 is 0. The number of rotatable bonds is 1. The molecule has 0 aliphatic carbocycles. The van der Waals surface area contributed by atoms with E-state index in [9.17, 15) is 4.79 Å². The van der Waals surface area contributed by atoms with Gasteiger partial charge in [0.2, 0.25) is 0 Å². The molecule has 0 aliphatic heterocycles. The number of nitrogens with one attached hydrogen (secondary N) is 1. The second-order valence-corrected chi connectivity index (χ2v) is 5.09. The van der Waals surface area contributed by atoms with Crippen molar-refractivity contribution >= 4 is 33.4 Å². The smallest absolute Gasteiger partial charge is 0.262 e. The summed E-state index contributed by atoms with van der Waals surface area (Å²) in [5.74, 6) is -0.0436. The highest BCUT2D eigenvalue weighted by Gasteiger charge is 2.12. The van der Waals surface area contributed by atoms with Crippen LogP contribution in [0.3, 0.4) is 0 Å². The molecule has 0 aliphatic rings. The summed E-state index contributed by atoms with van der Waals surface area (Å²) in [4.78, 5) is 15.8. The number of nitrogens with two attached hydrogens (primary N) is 1. The molecule has 0 spiro atoms. The van der Waals surface area contributed by atoms with Crippen LogP contribution in [0, 0.1) is 0 Å². The Labute approximate surface area is 120 Å². The van der Waals surface area contributed by atoms with Crippen LogP contribution in [0.5, 0.6) is 0 Å². The Kier molecular flexibility index (Phi) is 2.38. The summed E-state index contributed by atoms with van der Waals surface area (Å²) in [5.41, 5.74) is 9.02. The monoisotopic (exact) mass is 275 g/mol. The minimum absolute atomic E-state index is 0.0436. The van der Waals surface area contributed by atoms with E-state index in [1.807, 2.05) is 54.7 Å². The molecular weight excluding hydrogens is 262 g/mol. The van der Waals surface area contributed by atoms with Gasteiger partial charge in [0, 0.05) is 39.9 Å². The van der Waals surface area contributed by atoms with Crippen LogP contribution in [0.1, 0.15) is 10.4 Å². The topological polar surface area (TPSA) is 63.8 Å². The molecule has 2 heterocycles. The zero-order chi connectivity index (χ0) is 14.4. The molecule has 0 fully saturated rings. The first kappa shape index (κ1) is 11.8. The number of H-pyrrole nitrogens is 1. The van der Waals surface area contributed by atoms with Crippen molar-refractivity contribution in [2.45, 2.75) is 0 Å². The normalized spacial score (nSPS) is 11.2. The number of carbonyl (C=O) groups excluding carboxylic acids is 1. The molecule has 2 aromatic heterocycles. The minimum Gasteiger partial charge on any atom is -0.399 e. The van der Waals surface area contributed by atoms with Crippen LogP contribution >= 0.6 is 0 Å². The van der Waals surface area contributed by atoms with E-state index in [2.05, 4.69) is 4.98 Å². The lowest BCUT2D eigenvalue weighted by molar-refractivity contribution is 0.0965. The van der Waals surface area contributed by atoms with Crippen molar-refractivity contribution in [3.63, 3.8) is 0 Å². The number of nitrogen functional groups attached to an aromatic ring is 1. The number of benzene rings is 2. The highest BCUT2D eigenvalue weighted by Crippen LogP contribution is 2.21. The second kappa shape index (κ2) is 4.24. The van der Waals surface area contributed by atoms with Crippen LogP contribution in [0.15, 0.2) is 60.9 Å². The molecule has 102 valence electrons. The molecule has 4 aromatic rings. The fraction of sp³-hybridized carbons (Fsp3) is 0. The average Bonchev–Trinajstić information content (AvgIpc) is 3.11. The van der Waals surface area contributed by atoms with E-state index in [0.29, 0.717) is 11.3 Å². The van der Waals surface area contributed by atoms with Gasteiger partial charge in [-0.15, -0.1) is 0 Å². The number of aromatic nitrogens is 2. The van der Waals surface area contributed by atoms with E-state index in [-0.39, 0.29) is 5.91 Å². The molecule has 0 saturated carbocycles. The van der Waals surface area contributed by atoms with Gasteiger partial charge in [-0.3, -0.25) is 9.36 Å². The van der Waals surface area contributed by atoms with E-state index in [4.69, 9.17) is 5.73 Å². The maximum Gasteiger partial charge on any atom is 0.262 e. The Balaban J connectivity index is 1.85. The maximum absolute atomic E-state index is 12.7. The summed E-state index contributed by atoms with van der Waals surface area (Å²) in [6.45, 7) is 0. The van der Waals surface area contributed by atoms with Gasteiger partial charge in [-0.1, -0.05) is 0 Å². The number of hydrogen-bond donors (Lipinski definition) is 2. The molecule has 4 rings (SSSR count). The Hall–Kier alpha value is -3.01. The summed E-state index contributed by atoms with van der Waals surface area (Å²) in [6, 6.07) is 15.1. The van der Waals surface area contributed by atoms with Crippen molar-refractivity contribution in [1.82, 2.24) is 9.55 Å². The van der Waals surface area contributed by atoms with Gasteiger partial charge in [-0.2, -0.15) is 0 Å². The molecule has 4 nitrogen and oxygen atoms in total. The van der Waals surface area contributed by atoms with Crippen molar-refractivity contribution in [2.24, 2.45) is 0 Å². The quantitative estimate of drug-likeness (QED) is 0.523. The largest absolute Gasteiger partial charge is 0.399 e. The van der Waals surface area contributed by atoms with E-state index in [1.165, 1.54) is 0 Å². The number of carbonyl (C=O) groups is 1. The van der Waals surface area contributed by atoms with Crippen molar-refractivity contribution in [3.8, 4) is 0 Å². The Morgan fingerprint density at radius 3 is 2.81 bits per heavy atom. The van der Waals surface area contributed by atoms with Crippen molar-refractivity contribution in [2.75, 3.05) is 5.73 Å². The lowest BCUT2D eigenvalue weighted by atomic mass is 10.1. The summed E-state index contributed by atoms with van der Waals surface area (Å²) < 4.78 is 1.66. The van der Waals surface area contributed by atoms with Crippen LogP contribution < -0.4 is 5.73 Å². The molecule has 2 aromatic carbocycles. The highest BCUT2D eigenvalue weighted by atomic mass is 16.2. The van der Waals surface area contributed by atoms with Crippen LogP contribution in [0.4, 0.5) is 5.69 Å². The maximum atomic E-state index is 12.7. The van der Waals surface area contributed by atoms with E-state index in [0.717, 1.165) is 21.8 Å². The van der Waals surface area contributed by atoms with Gasteiger partial charge in [0.1, 0.15) is 0 Å². The molecule has 0 saturated heterocycles. The Bertz CT molecular complexity index is 978. The first-order valence-corrected chi connectivity index (χ1v) is 6.71. The summed E-state index contributed by atoms with van der Waals surface area (Å²) in [7, 11) is 0. The molecule has 0 unspecified atom stereocenters. The van der Waals surface area contributed by atoms with E-state index < -0.39 is 0 Å². The molecule has 0 atom stereocenters. The Morgan fingerprint density at radius 1 is 1.00 bits per heavy atom. The first-order chi connectivity index (χ1) is 10.2. The minimum atomic E-state index is -0.0436. The number of fused-ring (bicyclic) bond motifs is 2. The number of aromatic amines is 1. The van der Waals surface area contributed by atoms with Gasteiger partial charge >= 0.3 is 0 Å². The first-order valence-electron chi connectivity index (χ1n) is 6.71. The lowest BCUT2D eigenvalue weighted by Gasteiger charge is -2.05. The van der Waals surface area contributed by atoms with E-state index in [1.54, 1.807) is 10.8 Å². The third-order valence-corrected chi connectivity index (χ3v) is 3.73. The predicted molar refractivity (Wildman–Crippen MR) is 84.4 cm³/mol. The molecule has 21 heavy (non-hydrogen) atoms. The van der Waals surface area contributed by atoms with Crippen LogP contribution in [-0.2, 0) is 0 Å². The molecule has 0 radical (unpaired) electrons. The van der Waals surface area contributed by atoms with Gasteiger partial charge in [0.05, 0.1) is 5.52 Å². The summed E-state index contributed by atoms with van der Waals surface area (Å²) in [6.07, 6.45) is 3.65. The van der Waals surface area contributed by atoms with Gasteiger partial charge in [-0.05, 0) is 48.5 Å². The molecule has 3 N–H and O–H groups in total. The van der Waals surface area contributed by atoms with Crippen LogP contribution in [0.2, 0.25) is 0 Å². The van der Waals surface area contributed by atoms with Gasteiger partial charge < -0.3 is 10.7 Å². The predicted octanol–water partition coefficient (Wildman–Crippen LogP) is 3.39. The van der Waals surface area contributed by atoms with Gasteiger partial charge in [-0.25, -0.2) is 0 Å². The zero-order valence-electron chi connectivity index (χ0n) is 11.2. The molecule has 0 amide bonds. The second-order valence-electron chi connectivity index (χ2n) is 5.09. The highest BCUT2D eigenvalue weighted by molar-refractivity contribution is 6.04. The fourth-order valence-corrected chi connectivity index (χ4v) is 2.66. The lowest BCUT2D eigenvalue weighted by Crippen LogP contribution is -2.10. The average molecular weight is 275 g/mol. The van der Waals surface area contributed by atoms with Crippen molar-refractivity contribution in [3.05, 3.63) is 66.5 Å². The molecular formula is C17H13N3O. The molecule has 4 heteroatoms.